The van der Waals surface area contributed by atoms with E-state index in [1.807, 2.05) is 0 Å². The molecule has 2 unspecified atom stereocenters. The Hall–Kier alpha value is -1.94. The number of aliphatic hydroxyl groups excluding tert-OH is 1. The molecule has 5 atom stereocenters. The molecule has 0 saturated carbocycles. The summed E-state index contributed by atoms with van der Waals surface area (Å²) in [6.45, 7) is 7.31. The van der Waals surface area contributed by atoms with Crippen LogP contribution in [-0.2, 0) is 65.4 Å². The highest BCUT2D eigenvalue weighted by Crippen LogP contribution is 2.45. The van der Waals surface area contributed by atoms with Crippen LogP contribution in [0.5, 0.6) is 0 Å². The summed E-state index contributed by atoms with van der Waals surface area (Å²) < 4.78 is 68.7. The van der Waals surface area contributed by atoms with Crippen molar-refractivity contribution >= 4 is 39.5 Å². The van der Waals surface area contributed by atoms with Gasteiger partial charge in [-0.3, -0.25) is 37.3 Å². The average Bonchev–Trinajstić information content (AvgIpc) is 2.81. The van der Waals surface area contributed by atoms with Gasteiger partial charge in [0.2, 0.25) is 0 Å². The van der Waals surface area contributed by atoms with Crippen LogP contribution in [0, 0.1) is 5.92 Å². The third-order valence-electron chi connectivity index (χ3n) is 18.8. The fourth-order valence-electron chi connectivity index (χ4n) is 12.4. The van der Waals surface area contributed by atoms with Crippen molar-refractivity contribution in [3.05, 3.63) is 0 Å². The van der Waals surface area contributed by atoms with Crippen LogP contribution in [0.3, 0.4) is 0 Å². The first-order valence-corrected chi connectivity index (χ1v) is 44.6. The number of phosphoric acid groups is 2. The van der Waals surface area contributed by atoms with Crippen LogP contribution >= 0.6 is 15.6 Å². The monoisotopic (exact) mass is 1450 g/mol. The standard InChI is InChI=1S/C80H156O17P2/c1-6-9-12-15-18-21-24-26-28-30-32-34-36-38-44-49-54-59-64-78(83)91-70-76(96-79(84)65-60-55-50-45-39-37-35-33-31-29-27-25-22-19-16-13-10-7-2)72-95-99(88,89)93-68-74(81)67-92-98(86,87)94-71-75(69-90-77(82)63-58-53-48-43-23-20-17-14-11-8-3)97-80(85)66-61-56-51-46-41-40-42-47-52-57-62-73(4)5/h73-76,81H,6-72H2,1-5H3,(H,86,87)(H,88,89)/t74-,75+,76+/m0/s1. The van der Waals surface area contributed by atoms with Crippen molar-refractivity contribution in [3.8, 4) is 0 Å². The number of phosphoric ester groups is 2. The summed E-state index contributed by atoms with van der Waals surface area (Å²) in [6, 6.07) is 0. The van der Waals surface area contributed by atoms with Crippen molar-refractivity contribution in [2.45, 2.75) is 445 Å². The van der Waals surface area contributed by atoms with Gasteiger partial charge in [0, 0.05) is 25.7 Å². The van der Waals surface area contributed by atoms with E-state index in [0.717, 1.165) is 95.8 Å². The Kier molecular flexibility index (Phi) is 71.6. The van der Waals surface area contributed by atoms with Crippen LogP contribution in [0.4, 0.5) is 0 Å². The maximum absolute atomic E-state index is 13.1. The van der Waals surface area contributed by atoms with Crippen LogP contribution in [0.25, 0.3) is 0 Å². The van der Waals surface area contributed by atoms with Crippen LogP contribution in [0.15, 0.2) is 0 Å². The van der Waals surface area contributed by atoms with Crippen LogP contribution in [0.2, 0.25) is 0 Å². The molecule has 0 rings (SSSR count). The maximum atomic E-state index is 13.1. The Bertz CT molecular complexity index is 1890. The highest BCUT2D eigenvalue weighted by molar-refractivity contribution is 7.47. The largest absolute Gasteiger partial charge is 0.472 e. The summed E-state index contributed by atoms with van der Waals surface area (Å²) in [4.78, 5) is 73.0. The zero-order valence-electron chi connectivity index (χ0n) is 64.6. The molecule has 0 aliphatic carbocycles. The molecule has 0 spiro atoms. The summed E-state index contributed by atoms with van der Waals surface area (Å²) in [6.07, 6.45) is 63.8. The Morgan fingerprint density at radius 2 is 0.465 bits per heavy atom. The van der Waals surface area contributed by atoms with Gasteiger partial charge in [-0.2, -0.15) is 0 Å². The van der Waals surface area contributed by atoms with E-state index in [1.54, 1.807) is 0 Å². The molecule has 0 aromatic heterocycles. The molecule has 0 fully saturated rings. The molecule has 588 valence electrons. The minimum Gasteiger partial charge on any atom is -0.462 e. The van der Waals surface area contributed by atoms with Gasteiger partial charge in [-0.05, 0) is 31.6 Å². The predicted octanol–water partition coefficient (Wildman–Crippen LogP) is 24.0. The molecule has 0 radical (unpaired) electrons. The van der Waals surface area contributed by atoms with Gasteiger partial charge in [-0.25, -0.2) is 9.13 Å². The lowest BCUT2D eigenvalue weighted by molar-refractivity contribution is -0.161. The normalized spacial score (nSPS) is 13.9. The van der Waals surface area contributed by atoms with Crippen molar-refractivity contribution in [2.75, 3.05) is 39.6 Å². The Morgan fingerprint density at radius 1 is 0.273 bits per heavy atom. The molecule has 0 aromatic rings. The van der Waals surface area contributed by atoms with E-state index >= 15 is 0 Å². The van der Waals surface area contributed by atoms with Gasteiger partial charge in [-0.15, -0.1) is 0 Å². The molecule has 99 heavy (non-hydrogen) atoms. The van der Waals surface area contributed by atoms with E-state index in [1.165, 1.54) is 250 Å². The van der Waals surface area contributed by atoms with E-state index in [4.69, 9.17) is 37.0 Å². The second-order valence-electron chi connectivity index (χ2n) is 29.3. The predicted molar refractivity (Wildman–Crippen MR) is 405 cm³/mol. The third kappa shape index (κ3) is 74.1. The summed E-state index contributed by atoms with van der Waals surface area (Å²) in [5, 5.41) is 10.6. The summed E-state index contributed by atoms with van der Waals surface area (Å²) in [5.74, 6) is -1.36. The van der Waals surface area contributed by atoms with Gasteiger partial charge in [0.25, 0.3) is 0 Å². The second kappa shape index (κ2) is 73.0. The van der Waals surface area contributed by atoms with Crippen LogP contribution in [0.1, 0.15) is 426 Å². The lowest BCUT2D eigenvalue weighted by Crippen LogP contribution is -2.30. The van der Waals surface area contributed by atoms with Crippen molar-refractivity contribution in [1.82, 2.24) is 0 Å². The minimum absolute atomic E-state index is 0.107. The molecule has 0 bridgehead atoms. The molecular formula is C80H156O17P2. The Balaban J connectivity index is 5.23. The van der Waals surface area contributed by atoms with Gasteiger partial charge >= 0.3 is 39.5 Å². The number of hydrogen-bond acceptors (Lipinski definition) is 15. The second-order valence-corrected chi connectivity index (χ2v) is 32.2. The van der Waals surface area contributed by atoms with Crippen LogP contribution < -0.4 is 0 Å². The topological polar surface area (TPSA) is 237 Å². The highest BCUT2D eigenvalue weighted by atomic mass is 31.2. The van der Waals surface area contributed by atoms with E-state index < -0.39 is 97.5 Å². The third-order valence-corrected chi connectivity index (χ3v) is 20.7. The molecule has 19 heteroatoms. The molecule has 0 aromatic carbocycles. The molecule has 0 saturated heterocycles. The lowest BCUT2D eigenvalue weighted by Gasteiger charge is -2.21. The van der Waals surface area contributed by atoms with E-state index in [0.29, 0.717) is 25.7 Å². The molecule has 0 aliphatic heterocycles. The molecule has 0 amide bonds. The quantitative estimate of drug-likeness (QED) is 0.0222. The fraction of sp³-hybridized carbons (Fsp3) is 0.950. The number of esters is 4. The molecular weight excluding hydrogens is 1290 g/mol. The van der Waals surface area contributed by atoms with Gasteiger partial charge in [-0.1, -0.05) is 375 Å². The van der Waals surface area contributed by atoms with Gasteiger partial charge in [0.05, 0.1) is 26.4 Å². The van der Waals surface area contributed by atoms with E-state index in [-0.39, 0.29) is 25.7 Å². The molecule has 3 N–H and O–H groups in total. The number of aliphatic hydroxyl groups is 1. The Labute approximate surface area is 607 Å². The number of hydrogen-bond donors (Lipinski definition) is 3. The number of carbonyl (C=O) groups is 4. The summed E-state index contributed by atoms with van der Waals surface area (Å²) in [5.41, 5.74) is 0. The molecule has 0 heterocycles. The first-order valence-electron chi connectivity index (χ1n) is 41.6. The highest BCUT2D eigenvalue weighted by Gasteiger charge is 2.30. The van der Waals surface area contributed by atoms with E-state index in [9.17, 15) is 43.2 Å². The number of rotatable bonds is 80. The zero-order valence-corrected chi connectivity index (χ0v) is 66.4. The summed E-state index contributed by atoms with van der Waals surface area (Å²) in [7, 11) is -9.92. The van der Waals surface area contributed by atoms with Gasteiger partial charge < -0.3 is 33.8 Å². The number of unbranched alkanes of at least 4 members (excludes halogenated alkanes) is 52. The zero-order chi connectivity index (χ0) is 72.7. The number of ether oxygens (including phenoxy) is 4. The van der Waals surface area contributed by atoms with Crippen molar-refractivity contribution in [2.24, 2.45) is 5.92 Å². The summed E-state index contributed by atoms with van der Waals surface area (Å²) >= 11 is 0. The average molecular weight is 1450 g/mol. The Morgan fingerprint density at radius 3 is 0.687 bits per heavy atom. The van der Waals surface area contributed by atoms with Gasteiger partial charge in [0.15, 0.2) is 12.2 Å². The SMILES string of the molecule is CCCCCCCCCCCCCCCCCCCCC(=O)OC[C@H](COP(=O)(O)OC[C@@H](O)COP(=O)(O)OC[C@@H](COC(=O)CCCCCCCCCCCC)OC(=O)CCCCCCCCCCCCC(C)C)OC(=O)CCCCCCCCCCCCCCCCCCCC. The van der Waals surface area contributed by atoms with Crippen molar-refractivity contribution in [1.29, 1.82) is 0 Å². The van der Waals surface area contributed by atoms with Crippen molar-refractivity contribution in [3.63, 3.8) is 0 Å². The maximum Gasteiger partial charge on any atom is 0.472 e. The molecule has 0 aliphatic rings. The number of carbonyl (C=O) groups excluding carboxylic acids is 4. The van der Waals surface area contributed by atoms with Gasteiger partial charge in [0.1, 0.15) is 19.3 Å². The molecule has 17 nitrogen and oxygen atoms in total. The van der Waals surface area contributed by atoms with Crippen molar-refractivity contribution < 1.29 is 80.2 Å². The van der Waals surface area contributed by atoms with E-state index in [2.05, 4.69) is 34.6 Å². The first-order chi connectivity index (χ1) is 48.0. The lowest BCUT2D eigenvalue weighted by atomic mass is 10.0. The fourth-order valence-corrected chi connectivity index (χ4v) is 14.0. The smallest absolute Gasteiger partial charge is 0.462 e. The van der Waals surface area contributed by atoms with Crippen LogP contribution in [-0.4, -0.2) is 96.7 Å². The first kappa shape index (κ1) is 97.1. The minimum atomic E-state index is -4.96.